The molecule has 0 saturated heterocycles. The zero-order valence-electron chi connectivity index (χ0n) is 12.3. The minimum absolute atomic E-state index is 0.392. The number of ether oxygens (including phenoxy) is 2. The average molecular weight is 297 g/mol. The molecule has 0 bridgehead atoms. The highest BCUT2D eigenvalue weighted by molar-refractivity contribution is 5.95. The predicted molar refractivity (Wildman–Crippen MR) is 80.1 cm³/mol. The fraction of sp³-hybridized carbons (Fsp3) is 0.188. The van der Waals surface area contributed by atoms with Crippen LogP contribution >= 0.6 is 0 Å². The second kappa shape index (κ2) is 5.85. The molecule has 112 valence electrons. The van der Waals surface area contributed by atoms with Crippen molar-refractivity contribution in [3.8, 4) is 5.75 Å². The molecule has 0 atom stereocenters. The standard InChI is InChI=1S/C16H15N3O3/c1-21-13-8-4-3-6-11(13)10-14-17-15-12(16(20)22-2)7-5-9-19(15)18-14/h3-9H,10H2,1-2H3. The third-order valence-corrected chi connectivity index (χ3v) is 3.35. The van der Waals surface area contributed by atoms with Crippen LogP contribution in [-0.4, -0.2) is 34.8 Å². The van der Waals surface area contributed by atoms with Crippen LogP contribution in [0.2, 0.25) is 0 Å². The number of benzene rings is 1. The second-order valence-corrected chi connectivity index (χ2v) is 4.70. The third-order valence-electron chi connectivity index (χ3n) is 3.35. The Labute approximate surface area is 127 Å². The molecule has 0 radical (unpaired) electrons. The van der Waals surface area contributed by atoms with Crippen molar-refractivity contribution in [3.05, 3.63) is 59.5 Å². The first-order chi connectivity index (χ1) is 10.7. The molecule has 0 unspecified atom stereocenters. The third kappa shape index (κ3) is 2.50. The van der Waals surface area contributed by atoms with Crippen LogP contribution in [0.3, 0.4) is 0 Å². The summed E-state index contributed by atoms with van der Waals surface area (Å²) in [6, 6.07) is 11.1. The summed E-state index contributed by atoms with van der Waals surface area (Å²) in [5.74, 6) is 0.970. The number of carbonyl (C=O) groups is 1. The number of nitrogens with zero attached hydrogens (tertiary/aromatic N) is 3. The molecule has 0 N–H and O–H groups in total. The topological polar surface area (TPSA) is 65.7 Å². The number of methoxy groups -OCH3 is 2. The maximum Gasteiger partial charge on any atom is 0.341 e. The van der Waals surface area contributed by atoms with Gasteiger partial charge in [-0.05, 0) is 18.2 Å². The molecule has 22 heavy (non-hydrogen) atoms. The van der Waals surface area contributed by atoms with Gasteiger partial charge >= 0.3 is 5.97 Å². The molecule has 0 aliphatic rings. The van der Waals surface area contributed by atoms with Crippen LogP contribution in [0.15, 0.2) is 42.6 Å². The van der Waals surface area contributed by atoms with E-state index < -0.39 is 5.97 Å². The van der Waals surface area contributed by atoms with Crippen LogP contribution in [0.5, 0.6) is 5.75 Å². The summed E-state index contributed by atoms with van der Waals surface area (Å²) in [7, 11) is 2.98. The van der Waals surface area contributed by atoms with E-state index in [1.165, 1.54) is 7.11 Å². The van der Waals surface area contributed by atoms with E-state index in [-0.39, 0.29) is 0 Å². The lowest BCUT2D eigenvalue weighted by Crippen LogP contribution is -2.04. The van der Waals surface area contributed by atoms with Crippen molar-refractivity contribution in [3.63, 3.8) is 0 Å². The van der Waals surface area contributed by atoms with Crippen molar-refractivity contribution in [1.29, 1.82) is 0 Å². The molecular formula is C16H15N3O3. The molecule has 0 aliphatic carbocycles. The Balaban J connectivity index is 2.01. The Hall–Kier alpha value is -2.89. The van der Waals surface area contributed by atoms with Gasteiger partial charge < -0.3 is 9.47 Å². The van der Waals surface area contributed by atoms with Crippen LogP contribution in [0.4, 0.5) is 0 Å². The van der Waals surface area contributed by atoms with Crippen LogP contribution in [0.25, 0.3) is 5.65 Å². The smallest absolute Gasteiger partial charge is 0.341 e. The summed E-state index contributed by atoms with van der Waals surface area (Å²) in [5, 5.41) is 4.40. The van der Waals surface area contributed by atoms with E-state index in [4.69, 9.17) is 9.47 Å². The van der Waals surface area contributed by atoms with Gasteiger partial charge in [-0.3, -0.25) is 0 Å². The van der Waals surface area contributed by atoms with Gasteiger partial charge in [-0.2, -0.15) is 5.10 Å². The van der Waals surface area contributed by atoms with E-state index in [0.717, 1.165) is 11.3 Å². The fourth-order valence-corrected chi connectivity index (χ4v) is 2.31. The van der Waals surface area contributed by atoms with Crippen LogP contribution in [0.1, 0.15) is 21.7 Å². The van der Waals surface area contributed by atoms with Crippen LogP contribution in [-0.2, 0) is 11.2 Å². The van der Waals surface area contributed by atoms with Crippen molar-refractivity contribution >= 4 is 11.6 Å². The summed E-state index contributed by atoms with van der Waals surface area (Å²) < 4.78 is 11.7. The molecule has 2 aromatic heterocycles. The number of aromatic nitrogens is 3. The monoisotopic (exact) mass is 297 g/mol. The number of hydrogen-bond acceptors (Lipinski definition) is 5. The SMILES string of the molecule is COC(=O)c1cccn2nc(Cc3ccccc3OC)nc12. The number of pyridine rings is 1. The number of esters is 1. The van der Waals surface area contributed by atoms with Crippen LogP contribution < -0.4 is 4.74 Å². The highest BCUT2D eigenvalue weighted by Crippen LogP contribution is 2.20. The van der Waals surface area contributed by atoms with Gasteiger partial charge in [0, 0.05) is 18.2 Å². The number of fused-ring (bicyclic) bond motifs is 1. The molecule has 0 saturated carbocycles. The lowest BCUT2D eigenvalue weighted by Gasteiger charge is -2.05. The maximum absolute atomic E-state index is 11.8. The number of hydrogen-bond donors (Lipinski definition) is 0. The Morgan fingerprint density at radius 1 is 1.18 bits per heavy atom. The van der Waals surface area contributed by atoms with E-state index >= 15 is 0 Å². The minimum atomic E-state index is -0.429. The molecule has 0 spiro atoms. The first-order valence-corrected chi connectivity index (χ1v) is 6.77. The van der Waals surface area contributed by atoms with E-state index in [0.29, 0.717) is 23.5 Å². The van der Waals surface area contributed by atoms with Gasteiger partial charge in [-0.15, -0.1) is 0 Å². The molecule has 6 nitrogen and oxygen atoms in total. The van der Waals surface area contributed by atoms with Gasteiger partial charge in [-0.1, -0.05) is 18.2 Å². The number of carbonyl (C=O) groups excluding carboxylic acids is 1. The normalized spacial score (nSPS) is 10.6. The Kier molecular flexibility index (Phi) is 3.74. The van der Waals surface area contributed by atoms with Crippen molar-refractivity contribution in [1.82, 2.24) is 14.6 Å². The summed E-state index contributed by atoms with van der Waals surface area (Å²) >= 11 is 0. The van der Waals surface area contributed by atoms with E-state index in [9.17, 15) is 4.79 Å². The first kappa shape index (κ1) is 14.1. The van der Waals surface area contributed by atoms with Gasteiger partial charge in [0.05, 0.1) is 14.2 Å². The molecule has 0 aliphatic heterocycles. The Morgan fingerprint density at radius 3 is 2.77 bits per heavy atom. The van der Waals surface area contributed by atoms with Gasteiger partial charge in [0.1, 0.15) is 11.3 Å². The van der Waals surface area contributed by atoms with Gasteiger partial charge in [-0.25, -0.2) is 14.3 Å². The van der Waals surface area contributed by atoms with Crippen LogP contribution in [0, 0.1) is 0 Å². The lowest BCUT2D eigenvalue weighted by molar-refractivity contribution is 0.0602. The summed E-state index contributed by atoms with van der Waals surface area (Å²) in [6.45, 7) is 0. The molecule has 0 fully saturated rings. The van der Waals surface area contributed by atoms with Gasteiger partial charge in [0.25, 0.3) is 0 Å². The molecule has 3 rings (SSSR count). The highest BCUT2D eigenvalue weighted by Gasteiger charge is 2.15. The fourth-order valence-electron chi connectivity index (χ4n) is 2.31. The number of para-hydroxylation sites is 1. The van der Waals surface area contributed by atoms with Crippen molar-refractivity contribution in [2.45, 2.75) is 6.42 Å². The van der Waals surface area contributed by atoms with E-state index in [1.54, 1.807) is 30.0 Å². The molecule has 2 heterocycles. The number of rotatable bonds is 4. The zero-order chi connectivity index (χ0) is 15.5. The summed E-state index contributed by atoms with van der Waals surface area (Å²) in [5.41, 5.74) is 1.86. The quantitative estimate of drug-likeness (QED) is 0.690. The zero-order valence-corrected chi connectivity index (χ0v) is 12.3. The lowest BCUT2D eigenvalue weighted by atomic mass is 10.1. The highest BCUT2D eigenvalue weighted by atomic mass is 16.5. The molecule has 0 amide bonds. The molecule has 1 aromatic carbocycles. The van der Waals surface area contributed by atoms with Crippen molar-refractivity contribution < 1.29 is 14.3 Å². The summed E-state index contributed by atoms with van der Waals surface area (Å²) in [6.07, 6.45) is 2.27. The second-order valence-electron chi connectivity index (χ2n) is 4.70. The Morgan fingerprint density at radius 2 is 2.00 bits per heavy atom. The predicted octanol–water partition coefficient (Wildman–Crippen LogP) is 2.12. The summed E-state index contributed by atoms with van der Waals surface area (Å²) in [4.78, 5) is 16.2. The van der Waals surface area contributed by atoms with E-state index in [2.05, 4.69) is 10.1 Å². The van der Waals surface area contributed by atoms with Crippen molar-refractivity contribution in [2.75, 3.05) is 14.2 Å². The average Bonchev–Trinajstić information content (AvgIpc) is 2.96. The Bertz CT molecular complexity index is 826. The minimum Gasteiger partial charge on any atom is -0.496 e. The van der Waals surface area contributed by atoms with Gasteiger partial charge in [0.2, 0.25) is 0 Å². The largest absolute Gasteiger partial charge is 0.496 e. The maximum atomic E-state index is 11.8. The van der Waals surface area contributed by atoms with Crippen molar-refractivity contribution in [2.24, 2.45) is 0 Å². The van der Waals surface area contributed by atoms with Gasteiger partial charge in [0.15, 0.2) is 11.5 Å². The molecule has 3 aromatic rings. The van der Waals surface area contributed by atoms with E-state index in [1.807, 2.05) is 24.3 Å². The first-order valence-electron chi connectivity index (χ1n) is 6.77. The molecular weight excluding hydrogens is 282 g/mol. The molecule has 6 heteroatoms.